The molecule has 0 aliphatic rings. The molecular weight excluding hydrogens is 584 g/mol. The normalized spacial score (nSPS) is 10.5. The maximum Gasteiger partial charge on any atom is 0.329 e. The molecule has 3 rings (SSSR count). The molecule has 40 heavy (non-hydrogen) atoms. The van der Waals surface area contributed by atoms with Gasteiger partial charge in [0, 0.05) is 22.3 Å². The SMILES string of the molecule is COc1ccc(NC(=O)COc2ccc(Br)cc2/C=N\NC(=O)C(=O)NCCc2ccc(OC)c(OC)c2)cc1. The number of carbonyl (C=O) groups is 3. The van der Waals surface area contributed by atoms with E-state index in [0.29, 0.717) is 40.7 Å². The standard InChI is InChI=1S/C28H29BrN4O7/c1-37-22-8-6-21(7-9-22)32-26(34)17-40-23-11-5-20(29)15-19(23)16-31-33-28(36)27(35)30-13-12-18-4-10-24(38-2)25(14-18)39-3/h4-11,14-16H,12-13,17H2,1-3H3,(H,30,35)(H,32,34)(H,33,36)/b31-16-. The van der Waals surface area contributed by atoms with Crippen molar-refractivity contribution in [1.82, 2.24) is 10.7 Å². The van der Waals surface area contributed by atoms with Crippen LogP contribution in [0.5, 0.6) is 23.0 Å². The number of hydrazone groups is 1. The number of nitrogens with zero attached hydrogens (tertiary/aromatic N) is 1. The number of halogens is 1. The summed E-state index contributed by atoms with van der Waals surface area (Å²) in [5.41, 5.74) is 4.15. The first-order chi connectivity index (χ1) is 19.3. The summed E-state index contributed by atoms with van der Waals surface area (Å²) in [5.74, 6) is 0.0701. The van der Waals surface area contributed by atoms with Crippen LogP contribution in [0.4, 0.5) is 5.69 Å². The van der Waals surface area contributed by atoms with Crippen LogP contribution in [0.2, 0.25) is 0 Å². The van der Waals surface area contributed by atoms with Gasteiger partial charge in [-0.1, -0.05) is 22.0 Å². The molecule has 3 aromatic rings. The number of carbonyl (C=O) groups excluding carboxylic acids is 3. The Morgan fingerprint density at radius 1 is 0.850 bits per heavy atom. The molecule has 0 atom stereocenters. The number of amides is 3. The minimum Gasteiger partial charge on any atom is -0.497 e. The molecule has 0 spiro atoms. The molecule has 0 radical (unpaired) electrons. The summed E-state index contributed by atoms with van der Waals surface area (Å²) < 4.78 is 21.9. The molecule has 3 amide bonds. The molecule has 0 fully saturated rings. The average Bonchev–Trinajstić information content (AvgIpc) is 2.96. The highest BCUT2D eigenvalue weighted by atomic mass is 79.9. The van der Waals surface area contributed by atoms with Gasteiger partial charge in [-0.2, -0.15) is 5.10 Å². The average molecular weight is 613 g/mol. The molecule has 3 aromatic carbocycles. The minimum absolute atomic E-state index is 0.230. The highest BCUT2D eigenvalue weighted by Crippen LogP contribution is 2.27. The van der Waals surface area contributed by atoms with Crippen molar-refractivity contribution >= 4 is 45.6 Å². The second kappa shape index (κ2) is 15.1. The summed E-state index contributed by atoms with van der Waals surface area (Å²) in [6, 6.07) is 17.4. The van der Waals surface area contributed by atoms with Crippen molar-refractivity contribution in [3.63, 3.8) is 0 Å². The summed E-state index contributed by atoms with van der Waals surface area (Å²) in [7, 11) is 4.65. The molecular formula is C28H29BrN4O7. The van der Waals surface area contributed by atoms with Gasteiger partial charge < -0.3 is 29.6 Å². The highest BCUT2D eigenvalue weighted by molar-refractivity contribution is 9.10. The number of rotatable bonds is 12. The molecule has 0 saturated carbocycles. The Morgan fingerprint density at radius 3 is 2.27 bits per heavy atom. The van der Waals surface area contributed by atoms with E-state index < -0.39 is 11.8 Å². The van der Waals surface area contributed by atoms with Crippen LogP contribution < -0.4 is 35.0 Å². The largest absolute Gasteiger partial charge is 0.497 e. The van der Waals surface area contributed by atoms with Gasteiger partial charge in [-0.05, 0) is 66.6 Å². The number of methoxy groups -OCH3 is 3. The first kappa shape index (κ1) is 30.0. The van der Waals surface area contributed by atoms with Crippen LogP contribution in [-0.2, 0) is 20.8 Å². The summed E-state index contributed by atoms with van der Waals surface area (Å²) in [5, 5.41) is 9.13. The fraction of sp³-hybridized carbons (Fsp3) is 0.214. The lowest BCUT2D eigenvalue weighted by Gasteiger charge is -2.10. The summed E-state index contributed by atoms with van der Waals surface area (Å²) in [6.45, 7) is -0.0308. The molecule has 3 N–H and O–H groups in total. The van der Waals surface area contributed by atoms with E-state index in [9.17, 15) is 14.4 Å². The van der Waals surface area contributed by atoms with E-state index in [4.69, 9.17) is 18.9 Å². The van der Waals surface area contributed by atoms with Gasteiger partial charge in [0.2, 0.25) is 0 Å². The van der Waals surface area contributed by atoms with Crippen molar-refractivity contribution in [3.8, 4) is 23.0 Å². The second-order valence-electron chi connectivity index (χ2n) is 8.14. The molecule has 0 unspecified atom stereocenters. The molecule has 0 aliphatic heterocycles. The fourth-order valence-corrected chi connectivity index (χ4v) is 3.79. The Bertz CT molecular complexity index is 1360. The number of hydrogen-bond donors (Lipinski definition) is 3. The number of nitrogens with one attached hydrogen (secondary N) is 3. The Hall–Kier alpha value is -4.58. The molecule has 0 saturated heterocycles. The van der Waals surface area contributed by atoms with Crippen molar-refractivity contribution in [1.29, 1.82) is 0 Å². The lowest BCUT2D eigenvalue weighted by Crippen LogP contribution is -2.38. The van der Waals surface area contributed by atoms with Crippen LogP contribution in [0.1, 0.15) is 11.1 Å². The second-order valence-corrected chi connectivity index (χ2v) is 9.06. The molecule has 0 aromatic heterocycles. The van der Waals surface area contributed by atoms with E-state index in [1.54, 1.807) is 68.8 Å². The Morgan fingerprint density at radius 2 is 1.57 bits per heavy atom. The molecule has 0 aliphatic carbocycles. The first-order valence-corrected chi connectivity index (χ1v) is 12.8. The van der Waals surface area contributed by atoms with Crippen molar-refractivity contribution in [2.45, 2.75) is 6.42 Å². The van der Waals surface area contributed by atoms with E-state index in [0.717, 1.165) is 10.0 Å². The molecule has 11 nitrogen and oxygen atoms in total. The third kappa shape index (κ3) is 9.02. The third-order valence-electron chi connectivity index (χ3n) is 5.43. The van der Waals surface area contributed by atoms with E-state index in [1.165, 1.54) is 13.3 Å². The lowest BCUT2D eigenvalue weighted by molar-refractivity contribution is -0.139. The quantitative estimate of drug-likeness (QED) is 0.162. The van der Waals surface area contributed by atoms with E-state index in [2.05, 4.69) is 37.1 Å². The van der Waals surface area contributed by atoms with Crippen molar-refractivity contribution < 1.29 is 33.3 Å². The van der Waals surface area contributed by atoms with Gasteiger partial charge in [-0.3, -0.25) is 14.4 Å². The Kier molecular flexibility index (Phi) is 11.3. The zero-order chi connectivity index (χ0) is 28.9. The summed E-state index contributed by atoms with van der Waals surface area (Å²) in [6.07, 6.45) is 1.80. The molecule has 210 valence electrons. The van der Waals surface area contributed by atoms with Gasteiger partial charge in [0.25, 0.3) is 5.91 Å². The number of benzene rings is 3. The van der Waals surface area contributed by atoms with Crippen LogP contribution in [0.3, 0.4) is 0 Å². The number of hydrogen-bond acceptors (Lipinski definition) is 8. The lowest BCUT2D eigenvalue weighted by atomic mass is 10.1. The highest BCUT2D eigenvalue weighted by Gasteiger charge is 2.13. The van der Waals surface area contributed by atoms with E-state index >= 15 is 0 Å². The topological polar surface area (TPSA) is 137 Å². The maximum atomic E-state index is 12.3. The Labute approximate surface area is 240 Å². The van der Waals surface area contributed by atoms with E-state index in [1.807, 2.05) is 6.07 Å². The van der Waals surface area contributed by atoms with Gasteiger partial charge in [-0.25, -0.2) is 5.43 Å². The third-order valence-corrected chi connectivity index (χ3v) is 5.92. The predicted molar refractivity (Wildman–Crippen MR) is 153 cm³/mol. The molecule has 12 heteroatoms. The first-order valence-electron chi connectivity index (χ1n) is 12.0. The van der Waals surface area contributed by atoms with Crippen molar-refractivity contribution in [2.24, 2.45) is 5.10 Å². The van der Waals surface area contributed by atoms with Gasteiger partial charge in [0.15, 0.2) is 18.1 Å². The van der Waals surface area contributed by atoms with Crippen LogP contribution in [0.25, 0.3) is 0 Å². The van der Waals surface area contributed by atoms with Crippen molar-refractivity contribution in [2.75, 3.05) is 39.8 Å². The predicted octanol–water partition coefficient (Wildman–Crippen LogP) is 3.30. The van der Waals surface area contributed by atoms with Gasteiger partial charge >= 0.3 is 11.8 Å². The summed E-state index contributed by atoms with van der Waals surface area (Å²) >= 11 is 3.37. The van der Waals surface area contributed by atoms with E-state index in [-0.39, 0.29) is 19.1 Å². The zero-order valence-corrected chi connectivity index (χ0v) is 23.7. The number of anilines is 1. The molecule has 0 heterocycles. The maximum absolute atomic E-state index is 12.3. The Balaban J connectivity index is 1.49. The van der Waals surface area contributed by atoms with Crippen LogP contribution in [-0.4, -0.2) is 58.4 Å². The smallest absolute Gasteiger partial charge is 0.329 e. The number of ether oxygens (including phenoxy) is 4. The minimum atomic E-state index is -0.931. The van der Waals surface area contributed by atoms with Crippen molar-refractivity contribution in [3.05, 3.63) is 76.3 Å². The van der Waals surface area contributed by atoms with Gasteiger partial charge in [-0.15, -0.1) is 0 Å². The van der Waals surface area contributed by atoms with Crippen LogP contribution >= 0.6 is 15.9 Å². The van der Waals surface area contributed by atoms with Crippen LogP contribution in [0, 0.1) is 0 Å². The van der Waals surface area contributed by atoms with Gasteiger partial charge in [0.05, 0.1) is 27.5 Å². The zero-order valence-electron chi connectivity index (χ0n) is 22.2. The summed E-state index contributed by atoms with van der Waals surface area (Å²) in [4.78, 5) is 36.6. The van der Waals surface area contributed by atoms with Gasteiger partial charge in [0.1, 0.15) is 11.5 Å². The van der Waals surface area contributed by atoms with Crippen LogP contribution in [0.15, 0.2) is 70.2 Å². The fourth-order valence-electron chi connectivity index (χ4n) is 3.41. The molecule has 0 bridgehead atoms. The monoisotopic (exact) mass is 612 g/mol.